The molecule has 2 aliphatic heterocycles. The molecule has 162 valence electrons. The molecule has 0 spiro atoms. The van der Waals surface area contributed by atoms with Crippen LogP contribution in [0.5, 0.6) is 5.75 Å². The zero-order valence-electron chi connectivity index (χ0n) is 17.1. The van der Waals surface area contributed by atoms with Crippen LogP contribution in [-0.4, -0.2) is 48.7 Å². The highest BCUT2D eigenvalue weighted by Gasteiger charge is 2.30. The Hall–Kier alpha value is -2.06. The van der Waals surface area contributed by atoms with Gasteiger partial charge in [-0.15, -0.1) is 11.3 Å². The first-order chi connectivity index (χ1) is 14.9. The van der Waals surface area contributed by atoms with Gasteiger partial charge in [-0.25, -0.2) is 4.98 Å². The Morgan fingerprint density at radius 2 is 2.10 bits per heavy atom. The Labute approximate surface area is 193 Å². The van der Waals surface area contributed by atoms with Crippen LogP contribution in [0.1, 0.15) is 27.7 Å². The van der Waals surface area contributed by atoms with Crippen LogP contribution < -0.4 is 10.5 Å². The van der Waals surface area contributed by atoms with E-state index in [9.17, 15) is 4.79 Å². The van der Waals surface area contributed by atoms with E-state index in [2.05, 4.69) is 0 Å². The second-order valence-corrected chi connectivity index (χ2v) is 9.63. The first-order valence-electron chi connectivity index (χ1n) is 10.1. The molecule has 3 aromatic rings. The second-order valence-electron chi connectivity index (χ2n) is 7.76. The number of halogens is 2. The summed E-state index contributed by atoms with van der Waals surface area (Å²) in [6.07, 6.45) is 1.40. The minimum atomic E-state index is -0.0307. The zero-order valence-corrected chi connectivity index (χ0v) is 19.5. The lowest BCUT2D eigenvalue weighted by Crippen LogP contribution is -2.49. The number of benzene rings is 1. The van der Waals surface area contributed by atoms with E-state index in [0.29, 0.717) is 64.8 Å². The maximum absolute atomic E-state index is 13.1. The van der Waals surface area contributed by atoms with Crippen molar-refractivity contribution in [3.05, 3.63) is 38.2 Å². The standard InChI is InChI=1S/C22H21Cl2N3O3S/c1-3-11-20-13(6-16(31-20)22(28)27(2)10-8-29-9-10)18(26-21(11)25)17-12-4-5-30-19(12)15(24)7-14(17)23/h6-7,10H,3-5,8-9H2,1-2H3,(H2,25,26). The molecule has 0 saturated carbocycles. The number of aryl methyl sites for hydroxylation is 1. The Kier molecular flexibility index (Phi) is 5.25. The van der Waals surface area contributed by atoms with Gasteiger partial charge in [0.2, 0.25) is 0 Å². The fourth-order valence-corrected chi connectivity index (χ4v) is 6.05. The smallest absolute Gasteiger partial charge is 0.264 e. The second kappa shape index (κ2) is 7.81. The van der Waals surface area contributed by atoms with E-state index in [1.807, 2.05) is 20.0 Å². The van der Waals surface area contributed by atoms with Crippen molar-refractivity contribution < 1.29 is 14.3 Å². The number of hydrogen-bond acceptors (Lipinski definition) is 6. The lowest BCUT2D eigenvalue weighted by Gasteiger charge is -2.34. The monoisotopic (exact) mass is 477 g/mol. The van der Waals surface area contributed by atoms with Gasteiger partial charge in [-0.05, 0) is 18.6 Å². The normalized spacial score (nSPS) is 15.6. The molecule has 31 heavy (non-hydrogen) atoms. The fourth-order valence-electron chi connectivity index (χ4n) is 4.14. The number of fused-ring (bicyclic) bond motifs is 2. The number of pyridine rings is 1. The molecule has 2 aromatic heterocycles. The quantitative estimate of drug-likeness (QED) is 0.582. The van der Waals surface area contributed by atoms with E-state index < -0.39 is 0 Å². The summed E-state index contributed by atoms with van der Waals surface area (Å²) >= 11 is 14.5. The summed E-state index contributed by atoms with van der Waals surface area (Å²) in [5, 5.41) is 1.85. The van der Waals surface area contributed by atoms with Gasteiger partial charge in [-0.3, -0.25) is 4.79 Å². The van der Waals surface area contributed by atoms with Crippen LogP contribution in [0, 0.1) is 0 Å². The number of nitrogens with zero attached hydrogens (tertiary/aromatic N) is 2. The summed E-state index contributed by atoms with van der Waals surface area (Å²) in [4.78, 5) is 20.3. The van der Waals surface area contributed by atoms with Crippen molar-refractivity contribution >= 4 is 56.3 Å². The highest BCUT2D eigenvalue weighted by Crippen LogP contribution is 2.47. The summed E-state index contributed by atoms with van der Waals surface area (Å²) in [5.74, 6) is 1.06. The molecule has 2 aliphatic rings. The molecule has 0 aliphatic carbocycles. The summed E-state index contributed by atoms with van der Waals surface area (Å²) in [6, 6.07) is 3.70. The minimum absolute atomic E-state index is 0.0307. The number of thiophene rings is 1. The molecule has 5 rings (SSSR count). The summed E-state index contributed by atoms with van der Waals surface area (Å²) in [5.41, 5.74) is 9.67. The molecule has 0 radical (unpaired) electrons. The molecule has 0 atom stereocenters. The third-order valence-electron chi connectivity index (χ3n) is 5.98. The van der Waals surface area contributed by atoms with Gasteiger partial charge in [-0.2, -0.15) is 0 Å². The van der Waals surface area contributed by atoms with E-state index >= 15 is 0 Å². The zero-order chi connectivity index (χ0) is 21.9. The number of likely N-dealkylation sites (N-methyl/N-ethyl adjacent to an activating group) is 1. The van der Waals surface area contributed by atoms with Gasteiger partial charge in [0.15, 0.2) is 0 Å². The van der Waals surface area contributed by atoms with E-state index in [1.54, 1.807) is 11.0 Å². The molecule has 0 bridgehead atoms. The summed E-state index contributed by atoms with van der Waals surface area (Å²) < 4.78 is 11.9. The van der Waals surface area contributed by atoms with Crippen LogP contribution in [0.4, 0.5) is 5.82 Å². The van der Waals surface area contributed by atoms with Crippen LogP contribution in [0.3, 0.4) is 0 Å². The number of rotatable bonds is 4. The van der Waals surface area contributed by atoms with Gasteiger partial charge in [0.25, 0.3) is 5.91 Å². The summed E-state index contributed by atoms with van der Waals surface area (Å²) in [6.45, 7) is 3.71. The fraction of sp³-hybridized carbons (Fsp3) is 0.364. The molecular formula is C22H21Cl2N3O3S. The Morgan fingerprint density at radius 1 is 1.32 bits per heavy atom. The van der Waals surface area contributed by atoms with Crippen LogP contribution in [-0.2, 0) is 17.6 Å². The molecule has 9 heteroatoms. The third-order valence-corrected chi connectivity index (χ3v) is 7.74. The maximum Gasteiger partial charge on any atom is 0.264 e. The molecule has 1 fully saturated rings. The van der Waals surface area contributed by atoms with E-state index in [-0.39, 0.29) is 11.9 Å². The maximum atomic E-state index is 13.1. The van der Waals surface area contributed by atoms with Crippen LogP contribution in [0.25, 0.3) is 21.3 Å². The number of carbonyl (C=O) groups excluding carboxylic acids is 1. The predicted octanol–water partition coefficient (Wildman–Crippen LogP) is 4.82. The highest BCUT2D eigenvalue weighted by molar-refractivity contribution is 7.21. The molecule has 1 amide bonds. The van der Waals surface area contributed by atoms with Gasteiger partial charge in [0, 0.05) is 40.2 Å². The van der Waals surface area contributed by atoms with Crippen molar-refractivity contribution in [3.63, 3.8) is 0 Å². The van der Waals surface area contributed by atoms with Crippen LogP contribution in [0.15, 0.2) is 12.1 Å². The number of hydrogen-bond donors (Lipinski definition) is 1. The summed E-state index contributed by atoms with van der Waals surface area (Å²) in [7, 11) is 1.81. The highest BCUT2D eigenvalue weighted by atomic mass is 35.5. The van der Waals surface area contributed by atoms with Crippen molar-refractivity contribution in [1.29, 1.82) is 0 Å². The number of amides is 1. The molecule has 4 heterocycles. The average Bonchev–Trinajstić information content (AvgIpc) is 3.33. The van der Waals surface area contributed by atoms with Crippen molar-refractivity contribution in [2.24, 2.45) is 0 Å². The lowest BCUT2D eigenvalue weighted by atomic mass is 9.98. The predicted molar refractivity (Wildman–Crippen MR) is 125 cm³/mol. The van der Waals surface area contributed by atoms with Gasteiger partial charge in [-0.1, -0.05) is 30.1 Å². The Bertz CT molecular complexity index is 1220. The molecule has 6 nitrogen and oxygen atoms in total. The van der Waals surface area contributed by atoms with Crippen LogP contribution >= 0.6 is 34.5 Å². The first-order valence-corrected chi connectivity index (χ1v) is 11.7. The molecule has 0 unspecified atom stereocenters. The van der Waals surface area contributed by atoms with Gasteiger partial charge < -0.3 is 20.1 Å². The number of nitrogens with two attached hydrogens (primary N) is 1. The third kappa shape index (κ3) is 3.26. The van der Waals surface area contributed by atoms with Crippen molar-refractivity contribution in [2.75, 3.05) is 32.6 Å². The van der Waals surface area contributed by atoms with Gasteiger partial charge in [0.1, 0.15) is 11.6 Å². The van der Waals surface area contributed by atoms with Crippen molar-refractivity contribution in [2.45, 2.75) is 25.8 Å². The average molecular weight is 478 g/mol. The number of anilines is 1. The molecular weight excluding hydrogens is 457 g/mol. The Balaban J connectivity index is 1.73. The minimum Gasteiger partial charge on any atom is -0.491 e. The van der Waals surface area contributed by atoms with E-state index in [4.69, 9.17) is 43.4 Å². The lowest BCUT2D eigenvalue weighted by molar-refractivity contribution is -0.0466. The Morgan fingerprint density at radius 3 is 2.77 bits per heavy atom. The number of ether oxygens (including phenoxy) is 2. The van der Waals surface area contributed by atoms with Crippen LogP contribution in [0.2, 0.25) is 10.0 Å². The van der Waals surface area contributed by atoms with Gasteiger partial charge >= 0.3 is 0 Å². The number of aromatic nitrogens is 1. The largest absolute Gasteiger partial charge is 0.491 e. The molecule has 1 aromatic carbocycles. The topological polar surface area (TPSA) is 77.7 Å². The molecule has 2 N–H and O–H groups in total. The number of nitrogen functional groups attached to an aromatic ring is 1. The van der Waals surface area contributed by atoms with Crippen molar-refractivity contribution in [1.82, 2.24) is 9.88 Å². The van der Waals surface area contributed by atoms with Gasteiger partial charge in [0.05, 0.1) is 46.5 Å². The number of carbonyl (C=O) groups is 1. The SMILES string of the molecule is CCc1c(N)nc(-c2c(Cl)cc(Cl)c3c2CCO3)c2cc(C(=O)N(C)C3COC3)sc12. The first kappa shape index (κ1) is 20.8. The van der Waals surface area contributed by atoms with Crippen molar-refractivity contribution in [3.8, 4) is 17.0 Å². The van der Waals surface area contributed by atoms with E-state index in [0.717, 1.165) is 26.8 Å². The van der Waals surface area contributed by atoms with E-state index in [1.165, 1.54) is 11.3 Å². The molecule has 1 saturated heterocycles.